The Morgan fingerprint density at radius 2 is 1.81 bits per heavy atom. The van der Waals surface area contributed by atoms with Gasteiger partial charge in [0.25, 0.3) is 0 Å². The lowest BCUT2D eigenvalue weighted by atomic mass is 10.1. The Labute approximate surface area is 140 Å². The summed E-state index contributed by atoms with van der Waals surface area (Å²) in [6.45, 7) is -0.229. The van der Waals surface area contributed by atoms with Crippen molar-refractivity contribution >= 4 is 5.97 Å². The first kappa shape index (κ1) is 11.5. The molecular weight excluding hydrogens is 260 g/mol. The van der Waals surface area contributed by atoms with Crippen LogP contribution >= 0.6 is 0 Å². The Balaban J connectivity index is 3.93. The molecule has 0 aromatic heterocycles. The molecule has 0 fully saturated rings. The van der Waals surface area contributed by atoms with Gasteiger partial charge in [0.15, 0.2) is 0 Å². The minimum absolute atomic E-state index is 0.153. The maximum Gasteiger partial charge on any atom is 0.305 e. The second-order valence-electron chi connectivity index (χ2n) is 4.81. The van der Waals surface area contributed by atoms with E-state index in [1.165, 1.54) is 13.2 Å². The van der Waals surface area contributed by atoms with Gasteiger partial charge in [0.2, 0.25) is 0 Å². The third kappa shape index (κ3) is 16.9. The molecule has 0 aromatic rings. The highest BCUT2D eigenvalue weighted by atomic mass is 16.5. The van der Waals surface area contributed by atoms with E-state index in [9.17, 15) is 4.79 Å². The molecule has 0 rings (SSSR count). The van der Waals surface area contributed by atoms with Gasteiger partial charge >= 0.3 is 5.97 Å². The molecule has 0 heterocycles. The summed E-state index contributed by atoms with van der Waals surface area (Å²) in [7, 11) is 1.40. The van der Waals surface area contributed by atoms with Crippen LogP contribution in [-0.4, -0.2) is 13.1 Å². The molecule has 2 nitrogen and oxygen atoms in total. The van der Waals surface area contributed by atoms with Gasteiger partial charge in [-0.05, 0) is 38.4 Å². The molecule has 0 aromatic carbocycles. The van der Waals surface area contributed by atoms with Crippen molar-refractivity contribution in [1.82, 2.24) is 0 Å². The predicted molar refractivity (Wildman–Crippen MR) is 91.4 cm³/mol. The van der Waals surface area contributed by atoms with Crippen molar-refractivity contribution in [2.24, 2.45) is 0 Å². The maximum atomic E-state index is 11.0. The van der Waals surface area contributed by atoms with Gasteiger partial charge in [0.05, 0.1) is 7.11 Å². The molecule has 0 amide bonds. The number of hydrogen-bond acceptors (Lipinski definition) is 2. The van der Waals surface area contributed by atoms with Gasteiger partial charge in [-0.15, -0.1) is 0 Å². The predicted octanol–water partition coefficient (Wildman–Crippen LogP) is 5.97. The summed E-state index contributed by atoms with van der Waals surface area (Å²) in [5.41, 5.74) is 0. The second-order valence-corrected chi connectivity index (χ2v) is 4.81. The molecule has 0 aliphatic heterocycles. The lowest BCUT2D eigenvalue weighted by Crippen LogP contribution is -1.98. The van der Waals surface area contributed by atoms with Crippen LogP contribution in [0, 0.1) is 0 Å². The Morgan fingerprint density at radius 1 is 1.05 bits per heavy atom. The number of rotatable bonds is 14. The topological polar surface area (TPSA) is 26.3 Å². The normalized spacial score (nSPS) is 18.5. The maximum absolute atomic E-state index is 11.0. The third-order valence-corrected chi connectivity index (χ3v) is 2.97. The molecule has 0 saturated carbocycles. The minimum atomic E-state index is -2.16. The standard InChI is InChI=1S/C19H34O2/c1-3-4-5-6-7-8-9-10-11-12-13-14-15-16-17-18-19(20)21-2/h7-8,10-11H,3-6,9,12-18H2,1-2H3/b8-7-,11-10-/i1D,3D,5D2,6D2. The molecule has 0 bridgehead atoms. The lowest BCUT2D eigenvalue weighted by molar-refractivity contribution is -0.140. The molecule has 0 spiro atoms. The zero-order valence-corrected chi connectivity index (χ0v) is 13.3. The fourth-order valence-electron chi connectivity index (χ4n) is 1.77. The number of ether oxygens (including phenoxy) is 1. The average molecular weight is 301 g/mol. The average Bonchev–Trinajstić information content (AvgIpc) is 2.61. The molecule has 0 aliphatic carbocycles. The second kappa shape index (κ2) is 17.0. The lowest BCUT2D eigenvalue weighted by Gasteiger charge is -1.99. The Morgan fingerprint density at radius 3 is 2.62 bits per heavy atom. The first-order valence-electron chi connectivity index (χ1n) is 11.1. The Bertz CT molecular complexity index is 463. The molecule has 1 atom stereocenters. The van der Waals surface area contributed by atoms with Crippen LogP contribution < -0.4 is 0 Å². The number of methoxy groups -OCH3 is 1. The molecule has 0 aliphatic rings. The van der Waals surface area contributed by atoms with Crippen LogP contribution in [0.2, 0.25) is 0 Å². The highest BCUT2D eigenvalue weighted by molar-refractivity contribution is 5.68. The molecule has 122 valence electrons. The number of allylic oxidation sites excluding steroid dienone is 4. The Kier molecular flexibility index (Phi) is 9.32. The van der Waals surface area contributed by atoms with Crippen LogP contribution in [-0.2, 0) is 9.53 Å². The quantitative estimate of drug-likeness (QED) is 0.224. The summed E-state index contributed by atoms with van der Waals surface area (Å²) in [6, 6.07) is 0. The number of carbonyl (C=O) groups is 1. The van der Waals surface area contributed by atoms with E-state index in [0.29, 0.717) is 12.8 Å². The van der Waals surface area contributed by atoms with Gasteiger partial charge in [-0.3, -0.25) is 4.79 Å². The van der Waals surface area contributed by atoms with Crippen LogP contribution in [0.4, 0.5) is 0 Å². The minimum Gasteiger partial charge on any atom is -0.469 e. The number of esters is 1. The highest BCUT2D eigenvalue weighted by Gasteiger charge is 1.98. The van der Waals surface area contributed by atoms with E-state index in [0.717, 1.165) is 38.5 Å². The van der Waals surface area contributed by atoms with E-state index in [-0.39, 0.29) is 19.3 Å². The first-order valence-corrected chi connectivity index (χ1v) is 7.77. The van der Waals surface area contributed by atoms with Crippen molar-refractivity contribution in [3.63, 3.8) is 0 Å². The van der Waals surface area contributed by atoms with Gasteiger partial charge in [-0.25, -0.2) is 0 Å². The van der Waals surface area contributed by atoms with Crippen LogP contribution in [0.5, 0.6) is 0 Å². The van der Waals surface area contributed by atoms with Crippen molar-refractivity contribution in [2.75, 3.05) is 7.11 Å². The van der Waals surface area contributed by atoms with Crippen molar-refractivity contribution < 1.29 is 17.8 Å². The number of unbranched alkanes of at least 4 members (excludes halogenated alkanes) is 5. The number of carbonyl (C=O) groups excluding carboxylic acids is 1. The van der Waals surface area contributed by atoms with Crippen molar-refractivity contribution in [1.29, 1.82) is 0 Å². The van der Waals surface area contributed by atoms with Crippen molar-refractivity contribution in [2.45, 2.75) is 83.8 Å². The van der Waals surface area contributed by atoms with Crippen LogP contribution in [0.3, 0.4) is 0 Å². The van der Waals surface area contributed by atoms with Gasteiger partial charge in [-0.2, -0.15) is 0 Å². The molecule has 1 unspecified atom stereocenters. The van der Waals surface area contributed by atoms with Crippen LogP contribution in [0.1, 0.15) is 92.1 Å². The molecular formula is C19H34O2. The van der Waals surface area contributed by atoms with Crippen LogP contribution in [0.15, 0.2) is 24.3 Å². The van der Waals surface area contributed by atoms with E-state index in [1.807, 2.05) is 12.2 Å². The monoisotopic (exact) mass is 300 g/mol. The molecule has 21 heavy (non-hydrogen) atoms. The summed E-state index contributed by atoms with van der Waals surface area (Å²) < 4.78 is 50.6. The molecule has 2 heteroatoms. The van der Waals surface area contributed by atoms with Crippen molar-refractivity contribution in [3.8, 4) is 0 Å². The summed E-state index contributed by atoms with van der Waals surface area (Å²) in [6.07, 6.45) is 8.45. The summed E-state index contributed by atoms with van der Waals surface area (Å²) >= 11 is 0. The largest absolute Gasteiger partial charge is 0.469 e. The fourth-order valence-corrected chi connectivity index (χ4v) is 1.77. The van der Waals surface area contributed by atoms with E-state index >= 15 is 0 Å². The molecule has 0 saturated heterocycles. The first-order chi connectivity index (χ1) is 12.7. The molecule has 0 N–H and O–H groups in total. The summed E-state index contributed by atoms with van der Waals surface area (Å²) in [5, 5.41) is 0. The summed E-state index contributed by atoms with van der Waals surface area (Å²) in [4.78, 5) is 11.0. The zero-order valence-electron chi connectivity index (χ0n) is 19.3. The van der Waals surface area contributed by atoms with E-state index in [2.05, 4.69) is 4.74 Å². The van der Waals surface area contributed by atoms with E-state index in [1.54, 1.807) is 6.08 Å². The van der Waals surface area contributed by atoms with Gasteiger partial charge in [0.1, 0.15) is 0 Å². The summed E-state index contributed by atoms with van der Waals surface area (Å²) in [5.74, 6) is -0.153. The van der Waals surface area contributed by atoms with Gasteiger partial charge in [-0.1, -0.05) is 63.3 Å². The van der Waals surface area contributed by atoms with Crippen LogP contribution in [0.25, 0.3) is 0 Å². The van der Waals surface area contributed by atoms with E-state index in [4.69, 9.17) is 8.22 Å². The van der Waals surface area contributed by atoms with E-state index < -0.39 is 19.1 Å². The smallest absolute Gasteiger partial charge is 0.305 e. The zero-order chi connectivity index (χ0) is 20.8. The fraction of sp³-hybridized carbons (Fsp3) is 0.737. The van der Waals surface area contributed by atoms with Gasteiger partial charge < -0.3 is 4.74 Å². The van der Waals surface area contributed by atoms with Crippen molar-refractivity contribution in [3.05, 3.63) is 24.3 Å². The third-order valence-electron chi connectivity index (χ3n) is 2.97. The SMILES string of the molecule is [2H]CC([2H])CC([2H])([2H])C([2H])([2H])/C=C\C/C=C\CCCCCCCC(=O)OC. The molecule has 0 radical (unpaired) electrons. The Hall–Kier alpha value is -1.05. The highest BCUT2D eigenvalue weighted by Crippen LogP contribution is 2.08. The van der Waals surface area contributed by atoms with Gasteiger partial charge in [0, 0.05) is 14.6 Å². The number of hydrogen-bond donors (Lipinski definition) is 0.